The third-order valence-corrected chi connectivity index (χ3v) is 2.96. The second-order valence-corrected chi connectivity index (χ2v) is 4.27. The number of rotatable bonds is 3. The highest BCUT2D eigenvalue weighted by Gasteiger charge is 2.10. The zero-order valence-corrected chi connectivity index (χ0v) is 10.7. The summed E-state index contributed by atoms with van der Waals surface area (Å²) in [5, 5.41) is 3.18. The second kappa shape index (κ2) is 5.65. The average Bonchev–Trinajstić information content (AvgIpc) is 2.40. The highest BCUT2D eigenvalue weighted by Crippen LogP contribution is 2.16. The first-order valence-electron chi connectivity index (χ1n) is 5.70. The summed E-state index contributed by atoms with van der Waals surface area (Å²) in [6.07, 6.45) is 3.98. The highest BCUT2D eigenvalue weighted by atomic mass is 35.5. The number of hydrogen-bond donors (Lipinski definition) is 1. The number of halogens is 1. The molecule has 0 bridgehead atoms. The lowest BCUT2D eigenvalue weighted by Gasteiger charge is -2.06. The Bertz CT molecular complexity index is 552. The van der Waals surface area contributed by atoms with E-state index in [1.807, 2.05) is 24.3 Å². The highest BCUT2D eigenvalue weighted by molar-refractivity contribution is 6.34. The molecule has 0 radical (unpaired) electrons. The van der Waals surface area contributed by atoms with Crippen molar-refractivity contribution in [1.29, 1.82) is 0 Å². The van der Waals surface area contributed by atoms with Gasteiger partial charge in [-0.15, -0.1) is 0 Å². The van der Waals surface area contributed by atoms with E-state index >= 15 is 0 Å². The van der Waals surface area contributed by atoms with E-state index < -0.39 is 0 Å². The summed E-state index contributed by atoms with van der Waals surface area (Å²) in [5.41, 5.74) is 2.35. The minimum Gasteiger partial charge on any atom is -0.322 e. The molecule has 1 heterocycles. The van der Waals surface area contributed by atoms with Crippen molar-refractivity contribution < 1.29 is 4.79 Å². The minimum absolute atomic E-state index is 0.252. The molecule has 2 aromatic rings. The van der Waals surface area contributed by atoms with Crippen LogP contribution >= 0.6 is 11.6 Å². The number of aryl methyl sites for hydroxylation is 1. The molecule has 92 valence electrons. The van der Waals surface area contributed by atoms with Gasteiger partial charge in [0, 0.05) is 18.1 Å². The van der Waals surface area contributed by atoms with Crippen LogP contribution in [0.25, 0.3) is 0 Å². The third kappa shape index (κ3) is 2.87. The Morgan fingerprint density at radius 2 is 2.00 bits per heavy atom. The molecule has 2 rings (SSSR count). The van der Waals surface area contributed by atoms with E-state index in [0.29, 0.717) is 10.6 Å². The third-order valence-electron chi connectivity index (χ3n) is 2.63. The van der Waals surface area contributed by atoms with Crippen LogP contribution in [-0.2, 0) is 6.42 Å². The van der Waals surface area contributed by atoms with Crippen LogP contribution in [0.2, 0.25) is 5.02 Å². The Balaban J connectivity index is 2.14. The molecule has 0 saturated heterocycles. The van der Waals surface area contributed by atoms with Crippen molar-refractivity contribution in [2.45, 2.75) is 13.3 Å². The summed E-state index contributed by atoms with van der Waals surface area (Å²) in [6.45, 7) is 2.09. The maximum Gasteiger partial charge on any atom is 0.258 e. The normalized spacial score (nSPS) is 10.1. The number of benzene rings is 1. The molecule has 0 fully saturated rings. The quantitative estimate of drug-likeness (QED) is 0.917. The number of aromatic nitrogens is 1. The van der Waals surface area contributed by atoms with Gasteiger partial charge in [-0.1, -0.05) is 30.7 Å². The summed E-state index contributed by atoms with van der Waals surface area (Å²) < 4.78 is 0. The lowest BCUT2D eigenvalue weighted by Crippen LogP contribution is -2.12. The molecule has 0 aliphatic carbocycles. The molecule has 1 N–H and O–H groups in total. The van der Waals surface area contributed by atoms with Crippen molar-refractivity contribution >= 4 is 23.2 Å². The van der Waals surface area contributed by atoms with Crippen molar-refractivity contribution in [3.05, 3.63) is 58.9 Å². The smallest absolute Gasteiger partial charge is 0.258 e. The number of pyridine rings is 1. The first kappa shape index (κ1) is 12.6. The maximum atomic E-state index is 12.0. The summed E-state index contributed by atoms with van der Waals surface area (Å²) in [6, 6.07) is 9.32. The number of anilines is 1. The van der Waals surface area contributed by atoms with Crippen LogP contribution in [-0.4, -0.2) is 10.9 Å². The predicted octanol–water partition coefficient (Wildman–Crippen LogP) is 3.55. The van der Waals surface area contributed by atoms with Crippen molar-refractivity contribution in [3.63, 3.8) is 0 Å². The fourth-order valence-corrected chi connectivity index (χ4v) is 1.76. The van der Waals surface area contributed by atoms with E-state index in [9.17, 15) is 4.79 Å². The van der Waals surface area contributed by atoms with Crippen molar-refractivity contribution in [1.82, 2.24) is 4.98 Å². The van der Waals surface area contributed by atoms with E-state index in [2.05, 4.69) is 17.2 Å². The monoisotopic (exact) mass is 260 g/mol. The Hall–Kier alpha value is -1.87. The Labute approximate surface area is 111 Å². The minimum atomic E-state index is -0.252. The van der Waals surface area contributed by atoms with E-state index in [1.165, 1.54) is 11.8 Å². The predicted molar refractivity (Wildman–Crippen MR) is 73.0 cm³/mol. The van der Waals surface area contributed by atoms with Crippen LogP contribution in [0.3, 0.4) is 0 Å². The molecular weight excluding hydrogens is 248 g/mol. The zero-order chi connectivity index (χ0) is 13.0. The lowest BCUT2D eigenvalue weighted by molar-refractivity contribution is 0.102. The molecule has 0 aliphatic heterocycles. The molecule has 0 aliphatic rings. The van der Waals surface area contributed by atoms with Crippen molar-refractivity contribution in [2.75, 3.05) is 5.32 Å². The molecule has 3 nitrogen and oxygen atoms in total. The molecule has 0 spiro atoms. The number of amides is 1. The number of carbonyl (C=O) groups excluding carboxylic acids is 1. The van der Waals surface area contributed by atoms with Gasteiger partial charge in [-0.2, -0.15) is 0 Å². The molecule has 1 amide bonds. The van der Waals surface area contributed by atoms with Gasteiger partial charge in [0.15, 0.2) is 0 Å². The van der Waals surface area contributed by atoms with Gasteiger partial charge < -0.3 is 5.32 Å². The zero-order valence-electron chi connectivity index (χ0n) is 9.98. The largest absolute Gasteiger partial charge is 0.322 e. The molecule has 0 saturated carbocycles. The number of nitrogens with one attached hydrogen (secondary N) is 1. The van der Waals surface area contributed by atoms with Gasteiger partial charge in [0.25, 0.3) is 5.91 Å². The van der Waals surface area contributed by atoms with Gasteiger partial charge in [-0.05, 0) is 30.2 Å². The van der Waals surface area contributed by atoms with Crippen molar-refractivity contribution in [3.8, 4) is 0 Å². The topological polar surface area (TPSA) is 42.0 Å². The fraction of sp³-hybridized carbons (Fsp3) is 0.143. The standard InChI is InChI=1S/C14H13ClN2O/c1-2-10-3-5-11(6-4-10)17-14(18)12-9-16-8-7-13(12)15/h3-9H,2H2,1H3,(H,17,18). The maximum absolute atomic E-state index is 12.0. The van der Waals surface area contributed by atoms with Crippen LogP contribution in [0, 0.1) is 0 Å². The van der Waals surface area contributed by atoms with E-state index in [-0.39, 0.29) is 5.91 Å². The SMILES string of the molecule is CCc1ccc(NC(=O)c2cnccc2Cl)cc1. The van der Waals surface area contributed by atoms with Crippen molar-refractivity contribution in [2.24, 2.45) is 0 Å². The molecule has 1 aromatic heterocycles. The molecule has 0 unspecified atom stereocenters. The van der Waals surface area contributed by atoms with Gasteiger partial charge >= 0.3 is 0 Å². The first-order valence-corrected chi connectivity index (χ1v) is 6.08. The van der Waals surface area contributed by atoms with E-state index in [4.69, 9.17) is 11.6 Å². The van der Waals surface area contributed by atoms with Crippen LogP contribution in [0.5, 0.6) is 0 Å². The molecular formula is C14H13ClN2O. The Kier molecular flexibility index (Phi) is 3.95. The van der Waals surface area contributed by atoms with Gasteiger partial charge in [0.2, 0.25) is 0 Å². The summed E-state index contributed by atoms with van der Waals surface area (Å²) >= 11 is 5.93. The second-order valence-electron chi connectivity index (χ2n) is 3.86. The molecule has 4 heteroatoms. The summed E-state index contributed by atoms with van der Waals surface area (Å²) in [7, 11) is 0. The number of hydrogen-bond acceptors (Lipinski definition) is 2. The van der Waals surface area contributed by atoms with Crippen LogP contribution in [0.1, 0.15) is 22.8 Å². The van der Waals surface area contributed by atoms with Crippen LogP contribution < -0.4 is 5.32 Å². The molecule has 18 heavy (non-hydrogen) atoms. The van der Waals surface area contributed by atoms with Gasteiger partial charge in [-0.25, -0.2) is 0 Å². The molecule has 1 aromatic carbocycles. The van der Waals surface area contributed by atoms with Crippen LogP contribution in [0.15, 0.2) is 42.7 Å². The summed E-state index contributed by atoms with van der Waals surface area (Å²) in [5.74, 6) is -0.252. The van der Waals surface area contributed by atoms with E-state index in [1.54, 1.807) is 12.3 Å². The number of carbonyl (C=O) groups is 1. The van der Waals surface area contributed by atoms with Gasteiger partial charge in [0.1, 0.15) is 0 Å². The Morgan fingerprint density at radius 3 is 2.61 bits per heavy atom. The van der Waals surface area contributed by atoms with E-state index in [0.717, 1.165) is 12.1 Å². The summed E-state index contributed by atoms with van der Waals surface area (Å²) in [4.78, 5) is 15.8. The van der Waals surface area contributed by atoms with Gasteiger partial charge in [0.05, 0.1) is 10.6 Å². The number of nitrogens with zero attached hydrogens (tertiary/aromatic N) is 1. The first-order chi connectivity index (χ1) is 8.70. The lowest BCUT2D eigenvalue weighted by atomic mass is 10.1. The average molecular weight is 261 g/mol. The molecule has 0 atom stereocenters. The van der Waals surface area contributed by atoms with Gasteiger partial charge in [-0.3, -0.25) is 9.78 Å². The fourth-order valence-electron chi connectivity index (χ4n) is 1.57. The Morgan fingerprint density at radius 1 is 1.28 bits per heavy atom. The van der Waals surface area contributed by atoms with Crippen LogP contribution in [0.4, 0.5) is 5.69 Å².